The van der Waals surface area contributed by atoms with Gasteiger partial charge in [0.05, 0.1) is 0 Å². The lowest BCUT2D eigenvalue weighted by Crippen LogP contribution is -2.15. The van der Waals surface area contributed by atoms with Gasteiger partial charge in [-0.3, -0.25) is 0 Å². The van der Waals surface area contributed by atoms with Crippen molar-refractivity contribution in [2.75, 3.05) is 4.90 Å². The highest BCUT2D eigenvalue weighted by molar-refractivity contribution is 7.26. The van der Waals surface area contributed by atoms with Crippen molar-refractivity contribution in [2.24, 2.45) is 0 Å². The van der Waals surface area contributed by atoms with Crippen molar-refractivity contribution < 1.29 is 0 Å². The van der Waals surface area contributed by atoms with Crippen LogP contribution in [-0.2, 0) is 5.41 Å². The molecule has 1 aliphatic carbocycles. The van der Waals surface area contributed by atoms with Gasteiger partial charge in [-0.2, -0.15) is 0 Å². The molecule has 0 saturated heterocycles. The first-order valence-corrected chi connectivity index (χ1v) is 17.5. The summed E-state index contributed by atoms with van der Waals surface area (Å²) in [6.45, 7) is 4.70. The molecular formula is C43H29NS2. The SMILES string of the molecule is CC1(C)c2ccccc2-c2cc(N(c3ccc4sc5ccccc5c4c3)c3ccc4sc5cc6ccccc6cc5c4c3)ccc21. The lowest BCUT2D eigenvalue weighted by atomic mass is 9.82. The summed E-state index contributed by atoms with van der Waals surface area (Å²) in [5.74, 6) is 0. The number of thiophene rings is 2. The molecule has 7 aromatic carbocycles. The molecule has 2 aromatic heterocycles. The molecule has 2 heterocycles. The van der Waals surface area contributed by atoms with E-state index in [1.807, 2.05) is 22.7 Å². The molecule has 9 aromatic rings. The molecule has 0 unspecified atom stereocenters. The second-order valence-corrected chi connectivity index (χ2v) is 15.2. The molecule has 0 aliphatic heterocycles. The lowest BCUT2D eigenvalue weighted by Gasteiger charge is -2.27. The summed E-state index contributed by atoms with van der Waals surface area (Å²) in [5.41, 5.74) is 8.96. The van der Waals surface area contributed by atoms with Gasteiger partial charge in [0.1, 0.15) is 0 Å². The zero-order valence-electron chi connectivity index (χ0n) is 25.5. The molecule has 0 N–H and O–H groups in total. The Kier molecular flexibility index (Phi) is 5.44. The topological polar surface area (TPSA) is 3.24 Å². The normalized spacial score (nSPS) is 13.6. The van der Waals surface area contributed by atoms with E-state index < -0.39 is 0 Å². The van der Waals surface area contributed by atoms with Crippen LogP contribution in [0.25, 0.3) is 62.2 Å². The Morgan fingerprint density at radius 3 is 1.76 bits per heavy atom. The fourth-order valence-corrected chi connectivity index (χ4v) is 9.94. The Morgan fingerprint density at radius 1 is 0.413 bits per heavy atom. The first kappa shape index (κ1) is 26.3. The predicted octanol–water partition coefficient (Wildman–Crippen LogP) is 13.4. The van der Waals surface area contributed by atoms with Crippen molar-refractivity contribution in [3.8, 4) is 11.1 Å². The van der Waals surface area contributed by atoms with Crippen LogP contribution in [0, 0.1) is 0 Å². The molecule has 0 radical (unpaired) electrons. The third kappa shape index (κ3) is 3.73. The van der Waals surface area contributed by atoms with Crippen molar-refractivity contribution in [2.45, 2.75) is 19.3 Å². The van der Waals surface area contributed by atoms with E-state index in [-0.39, 0.29) is 5.41 Å². The van der Waals surface area contributed by atoms with Crippen molar-refractivity contribution in [1.82, 2.24) is 0 Å². The molecule has 0 saturated carbocycles. The van der Waals surface area contributed by atoms with E-state index in [0.717, 1.165) is 0 Å². The Balaban J connectivity index is 1.23. The molecule has 3 heteroatoms. The number of hydrogen-bond acceptors (Lipinski definition) is 3. The predicted molar refractivity (Wildman–Crippen MR) is 202 cm³/mol. The maximum atomic E-state index is 2.46. The summed E-state index contributed by atoms with van der Waals surface area (Å²) in [5, 5.41) is 7.84. The minimum Gasteiger partial charge on any atom is -0.310 e. The fraction of sp³-hybridized carbons (Fsp3) is 0.0698. The van der Waals surface area contributed by atoms with Crippen LogP contribution in [0.5, 0.6) is 0 Å². The van der Waals surface area contributed by atoms with Gasteiger partial charge in [-0.25, -0.2) is 0 Å². The van der Waals surface area contributed by atoms with Gasteiger partial charge in [0.2, 0.25) is 0 Å². The Morgan fingerprint density at radius 2 is 0.957 bits per heavy atom. The van der Waals surface area contributed by atoms with Crippen LogP contribution in [-0.4, -0.2) is 0 Å². The van der Waals surface area contributed by atoms with Gasteiger partial charge in [-0.15, -0.1) is 22.7 Å². The summed E-state index contributed by atoms with van der Waals surface area (Å²) in [6, 6.07) is 52.2. The zero-order valence-corrected chi connectivity index (χ0v) is 27.2. The van der Waals surface area contributed by atoms with Crippen LogP contribution in [0.1, 0.15) is 25.0 Å². The monoisotopic (exact) mass is 623 g/mol. The molecule has 0 bridgehead atoms. The van der Waals surface area contributed by atoms with Gasteiger partial charge in [0, 0.05) is 62.8 Å². The van der Waals surface area contributed by atoms with Crippen LogP contribution in [0.15, 0.2) is 140 Å². The number of fused-ring (bicyclic) bond motifs is 10. The highest BCUT2D eigenvalue weighted by atomic mass is 32.1. The fourth-order valence-electron chi connectivity index (χ4n) is 7.74. The van der Waals surface area contributed by atoms with Gasteiger partial charge in [0.25, 0.3) is 0 Å². The van der Waals surface area contributed by atoms with Crippen LogP contribution in [0.2, 0.25) is 0 Å². The van der Waals surface area contributed by atoms with Crippen LogP contribution in [0.3, 0.4) is 0 Å². The molecule has 218 valence electrons. The van der Waals surface area contributed by atoms with Gasteiger partial charge < -0.3 is 4.90 Å². The summed E-state index contributed by atoms with van der Waals surface area (Å²) < 4.78 is 5.30. The number of anilines is 3. The van der Waals surface area contributed by atoms with Gasteiger partial charge in [-0.05, 0) is 99.8 Å². The van der Waals surface area contributed by atoms with E-state index in [9.17, 15) is 0 Å². The second kappa shape index (κ2) is 9.53. The smallest absolute Gasteiger partial charge is 0.0468 e. The lowest BCUT2D eigenvalue weighted by molar-refractivity contribution is 0.660. The Hall–Kier alpha value is -4.96. The molecular weight excluding hydrogens is 595 g/mol. The largest absolute Gasteiger partial charge is 0.310 e. The van der Waals surface area contributed by atoms with E-state index in [2.05, 4.69) is 158 Å². The molecule has 0 amide bonds. The van der Waals surface area contributed by atoms with Crippen molar-refractivity contribution >= 4 is 90.9 Å². The average molecular weight is 624 g/mol. The maximum absolute atomic E-state index is 2.46. The molecule has 0 fully saturated rings. The third-order valence-electron chi connectivity index (χ3n) is 10.0. The van der Waals surface area contributed by atoms with Crippen molar-refractivity contribution in [3.05, 3.63) is 151 Å². The van der Waals surface area contributed by atoms with Crippen molar-refractivity contribution in [3.63, 3.8) is 0 Å². The first-order chi connectivity index (χ1) is 22.5. The molecule has 1 aliphatic rings. The number of benzene rings is 7. The van der Waals surface area contributed by atoms with E-state index in [4.69, 9.17) is 0 Å². The molecule has 46 heavy (non-hydrogen) atoms. The number of nitrogens with zero attached hydrogens (tertiary/aromatic N) is 1. The summed E-state index contributed by atoms with van der Waals surface area (Å²) in [4.78, 5) is 2.46. The Labute approximate surface area is 275 Å². The minimum absolute atomic E-state index is 0.0267. The summed E-state index contributed by atoms with van der Waals surface area (Å²) in [7, 11) is 0. The summed E-state index contributed by atoms with van der Waals surface area (Å²) in [6.07, 6.45) is 0. The van der Waals surface area contributed by atoms with Crippen LogP contribution >= 0.6 is 22.7 Å². The van der Waals surface area contributed by atoms with Gasteiger partial charge >= 0.3 is 0 Å². The van der Waals surface area contributed by atoms with Crippen LogP contribution < -0.4 is 4.90 Å². The highest BCUT2D eigenvalue weighted by Gasteiger charge is 2.35. The minimum atomic E-state index is -0.0267. The molecule has 10 rings (SSSR count). The quantitative estimate of drug-likeness (QED) is 0.189. The molecule has 1 nitrogen and oxygen atoms in total. The van der Waals surface area contributed by atoms with Crippen molar-refractivity contribution in [1.29, 1.82) is 0 Å². The van der Waals surface area contributed by atoms with Crippen LogP contribution in [0.4, 0.5) is 17.1 Å². The maximum Gasteiger partial charge on any atom is 0.0468 e. The molecule has 0 spiro atoms. The standard InChI is InChI=1S/C43H29NS2/c1-43(2)37-13-7-5-11-31(37)33-23-28(15-18-38(33)43)44(29-16-19-40-35(24-29)32-12-6-8-14-39(32)45-40)30-17-20-41-36(25-30)34-21-26-9-3-4-10-27(26)22-42(34)46-41/h3-25H,1-2H3. The van der Waals surface area contributed by atoms with E-state index >= 15 is 0 Å². The zero-order chi connectivity index (χ0) is 30.6. The number of hydrogen-bond donors (Lipinski definition) is 0. The highest BCUT2D eigenvalue weighted by Crippen LogP contribution is 2.51. The molecule has 0 atom stereocenters. The van der Waals surface area contributed by atoms with E-state index in [1.54, 1.807) is 0 Å². The summed E-state index contributed by atoms with van der Waals surface area (Å²) >= 11 is 3.75. The van der Waals surface area contributed by atoms with Gasteiger partial charge in [0.15, 0.2) is 0 Å². The second-order valence-electron chi connectivity index (χ2n) is 13.0. The number of rotatable bonds is 3. The van der Waals surface area contributed by atoms with E-state index in [1.165, 1.54) is 90.4 Å². The third-order valence-corrected chi connectivity index (χ3v) is 12.3. The first-order valence-electron chi connectivity index (χ1n) is 15.8. The average Bonchev–Trinajstić information content (AvgIpc) is 3.71. The van der Waals surface area contributed by atoms with Gasteiger partial charge in [-0.1, -0.05) is 86.6 Å². The van der Waals surface area contributed by atoms with E-state index in [0.29, 0.717) is 0 Å². The Bertz CT molecular complexity index is 2690.